The van der Waals surface area contributed by atoms with Gasteiger partial charge in [0.05, 0.1) is 0 Å². The van der Waals surface area contributed by atoms with Gasteiger partial charge in [0.2, 0.25) is 0 Å². The molecule has 0 amide bonds. The van der Waals surface area contributed by atoms with E-state index in [0.717, 1.165) is 44.3 Å². The Balaban J connectivity index is 1.93. The van der Waals surface area contributed by atoms with Gasteiger partial charge in [0.15, 0.2) is 0 Å². The minimum absolute atomic E-state index is 0.823. The number of nitrogens with zero attached hydrogens (tertiary/aromatic N) is 2. The van der Waals surface area contributed by atoms with E-state index in [-0.39, 0.29) is 0 Å². The first-order valence-corrected chi connectivity index (χ1v) is 6.96. The maximum Gasteiger partial charge on any atom is 0.0410 e. The quantitative estimate of drug-likeness (QED) is 0.900. The van der Waals surface area contributed by atoms with Crippen molar-refractivity contribution >= 4 is 17.3 Å². The number of anilines is 1. The Morgan fingerprint density at radius 2 is 1.94 bits per heavy atom. The molecule has 4 heteroatoms. The maximum absolute atomic E-state index is 6.00. The lowest BCUT2D eigenvalue weighted by Gasteiger charge is -2.36. The molecular formula is C14H22ClN3. The monoisotopic (exact) mass is 267 g/mol. The molecule has 0 saturated carbocycles. The number of hydrogen-bond acceptors (Lipinski definition) is 3. The zero-order valence-electron chi connectivity index (χ0n) is 11.2. The molecule has 1 saturated heterocycles. The Morgan fingerprint density at radius 1 is 1.22 bits per heavy atom. The molecule has 1 aromatic carbocycles. The largest absolute Gasteiger partial charge is 0.369 e. The van der Waals surface area contributed by atoms with Crippen LogP contribution in [-0.2, 0) is 0 Å². The Hall–Kier alpha value is -0.770. The van der Waals surface area contributed by atoms with Crippen LogP contribution in [-0.4, -0.2) is 51.2 Å². The van der Waals surface area contributed by atoms with Crippen LogP contribution in [0.15, 0.2) is 18.2 Å². The molecule has 0 atom stereocenters. The minimum atomic E-state index is 0.823. The molecule has 0 aliphatic carbocycles. The summed E-state index contributed by atoms with van der Waals surface area (Å²) in [6.07, 6.45) is 0. The Labute approximate surface area is 115 Å². The van der Waals surface area contributed by atoms with Crippen molar-refractivity contribution in [2.24, 2.45) is 0 Å². The molecule has 1 aliphatic rings. The number of nitrogens with one attached hydrogen (secondary N) is 1. The third kappa shape index (κ3) is 3.37. The second-order valence-electron chi connectivity index (χ2n) is 4.86. The van der Waals surface area contributed by atoms with Crippen LogP contribution in [0.25, 0.3) is 0 Å². The highest BCUT2D eigenvalue weighted by atomic mass is 35.5. The zero-order chi connectivity index (χ0) is 13.0. The SMILES string of the molecule is CNCCN1CCN(c2ccc(Cl)cc2C)CC1. The van der Waals surface area contributed by atoms with E-state index in [2.05, 4.69) is 28.1 Å². The summed E-state index contributed by atoms with van der Waals surface area (Å²) in [4.78, 5) is 4.97. The molecule has 1 aliphatic heterocycles. The molecule has 0 spiro atoms. The van der Waals surface area contributed by atoms with Crippen LogP contribution >= 0.6 is 11.6 Å². The van der Waals surface area contributed by atoms with E-state index in [1.165, 1.54) is 11.3 Å². The van der Waals surface area contributed by atoms with Gasteiger partial charge >= 0.3 is 0 Å². The first kappa shape index (κ1) is 13.7. The van der Waals surface area contributed by atoms with Crippen molar-refractivity contribution in [3.63, 3.8) is 0 Å². The van der Waals surface area contributed by atoms with Crippen molar-refractivity contribution in [1.82, 2.24) is 10.2 Å². The smallest absolute Gasteiger partial charge is 0.0410 e. The number of halogens is 1. The van der Waals surface area contributed by atoms with E-state index in [4.69, 9.17) is 11.6 Å². The summed E-state index contributed by atoms with van der Waals surface area (Å²) in [5.41, 5.74) is 2.60. The number of hydrogen-bond donors (Lipinski definition) is 1. The van der Waals surface area contributed by atoms with Crippen LogP contribution in [0.5, 0.6) is 0 Å². The molecule has 0 bridgehead atoms. The fourth-order valence-corrected chi connectivity index (χ4v) is 2.68. The van der Waals surface area contributed by atoms with Crippen LogP contribution in [0.2, 0.25) is 5.02 Å². The summed E-state index contributed by atoms with van der Waals surface area (Å²) in [5.74, 6) is 0. The van der Waals surface area contributed by atoms with Crippen LogP contribution < -0.4 is 10.2 Å². The lowest BCUT2D eigenvalue weighted by molar-refractivity contribution is 0.259. The summed E-state index contributed by atoms with van der Waals surface area (Å²) in [5, 5.41) is 4.03. The second kappa shape index (κ2) is 6.41. The number of rotatable bonds is 4. The van der Waals surface area contributed by atoms with Crippen LogP contribution in [0, 0.1) is 6.92 Å². The Bertz CT molecular complexity index is 387. The highest BCUT2D eigenvalue weighted by molar-refractivity contribution is 6.30. The average molecular weight is 268 g/mol. The van der Waals surface area contributed by atoms with Gasteiger partial charge in [-0.15, -0.1) is 0 Å². The highest BCUT2D eigenvalue weighted by Crippen LogP contribution is 2.24. The Kier molecular flexibility index (Phi) is 4.87. The van der Waals surface area contributed by atoms with Gasteiger partial charge in [-0.25, -0.2) is 0 Å². The molecule has 100 valence electrons. The number of aryl methyl sites for hydroxylation is 1. The van der Waals surface area contributed by atoms with Gasteiger partial charge in [0.25, 0.3) is 0 Å². The van der Waals surface area contributed by atoms with Crippen LogP contribution in [0.1, 0.15) is 5.56 Å². The average Bonchev–Trinajstić information content (AvgIpc) is 2.37. The molecule has 0 aromatic heterocycles. The third-order valence-electron chi connectivity index (χ3n) is 3.55. The molecule has 1 N–H and O–H groups in total. The van der Waals surface area contributed by atoms with Crippen molar-refractivity contribution in [2.45, 2.75) is 6.92 Å². The van der Waals surface area contributed by atoms with E-state index in [9.17, 15) is 0 Å². The van der Waals surface area contributed by atoms with Gasteiger partial charge in [-0.05, 0) is 37.7 Å². The number of benzene rings is 1. The molecule has 2 rings (SSSR count). The first-order valence-electron chi connectivity index (χ1n) is 6.59. The van der Waals surface area contributed by atoms with E-state index < -0.39 is 0 Å². The predicted octanol–water partition coefficient (Wildman–Crippen LogP) is 1.99. The summed E-state index contributed by atoms with van der Waals surface area (Å²) < 4.78 is 0. The van der Waals surface area contributed by atoms with E-state index in [1.807, 2.05) is 19.2 Å². The fourth-order valence-electron chi connectivity index (χ4n) is 2.46. The molecule has 3 nitrogen and oxygen atoms in total. The molecule has 1 fully saturated rings. The lowest BCUT2D eigenvalue weighted by Crippen LogP contribution is -2.48. The van der Waals surface area contributed by atoms with Gasteiger partial charge in [0.1, 0.15) is 0 Å². The van der Waals surface area contributed by atoms with Gasteiger partial charge in [-0.3, -0.25) is 4.90 Å². The standard InChI is InChI=1S/C14H22ClN3/c1-12-11-13(15)3-4-14(12)18-9-7-17(8-10-18)6-5-16-2/h3-4,11,16H,5-10H2,1-2H3. The molecule has 0 unspecified atom stereocenters. The Morgan fingerprint density at radius 3 is 2.56 bits per heavy atom. The summed E-state index contributed by atoms with van der Waals surface area (Å²) >= 11 is 6.00. The second-order valence-corrected chi connectivity index (χ2v) is 5.30. The molecule has 1 heterocycles. The van der Waals surface area contributed by atoms with Crippen LogP contribution in [0.3, 0.4) is 0 Å². The zero-order valence-corrected chi connectivity index (χ0v) is 12.0. The van der Waals surface area contributed by atoms with Crippen molar-refractivity contribution in [3.8, 4) is 0 Å². The molecule has 18 heavy (non-hydrogen) atoms. The van der Waals surface area contributed by atoms with E-state index in [1.54, 1.807) is 0 Å². The number of likely N-dealkylation sites (N-methyl/N-ethyl adjacent to an activating group) is 1. The third-order valence-corrected chi connectivity index (χ3v) is 3.78. The highest BCUT2D eigenvalue weighted by Gasteiger charge is 2.17. The molecular weight excluding hydrogens is 246 g/mol. The fraction of sp³-hybridized carbons (Fsp3) is 0.571. The maximum atomic E-state index is 6.00. The minimum Gasteiger partial charge on any atom is -0.369 e. The van der Waals surface area contributed by atoms with Gasteiger partial charge in [-0.1, -0.05) is 11.6 Å². The van der Waals surface area contributed by atoms with E-state index >= 15 is 0 Å². The van der Waals surface area contributed by atoms with Gasteiger partial charge < -0.3 is 10.2 Å². The summed E-state index contributed by atoms with van der Waals surface area (Å²) in [6, 6.07) is 6.17. The van der Waals surface area contributed by atoms with Gasteiger partial charge in [-0.2, -0.15) is 0 Å². The first-order chi connectivity index (χ1) is 8.70. The van der Waals surface area contributed by atoms with Crippen molar-refractivity contribution in [2.75, 3.05) is 51.2 Å². The normalized spacial score (nSPS) is 17.2. The molecule has 1 aromatic rings. The summed E-state index contributed by atoms with van der Waals surface area (Å²) in [6.45, 7) is 8.84. The van der Waals surface area contributed by atoms with Crippen molar-refractivity contribution in [1.29, 1.82) is 0 Å². The number of piperazine rings is 1. The molecule has 0 radical (unpaired) electrons. The van der Waals surface area contributed by atoms with Crippen molar-refractivity contribution in [3.05, 3.63) is 28.8 Å². The van der Waals surface area contributed by atoms with E-state index in [0.29, 0.717) is 0 Å². The summed E-state index contributed by atoms with van der Waals surface area (Å²) in [7, 11) is 2.01. The lowest BCUT2D eigenvalue weighted by atomic mass is 10.1. The van der Waals surface area contributed by atoms with Crippen LogP contribution in [0.4, 0.5) is 5.69 Å². The predicted molar refractivity (Wildman–Crippen MR) is 78.8 cm³/mol. The topological polar surface area (TPSA) is 18.5 Å². The van der Waals surface area contributed by atoms with Gasteiger partial charge in [0, 0.05) is 50.0 Å². The van der Waals surface area contributed by atoms with Crippen molar-refractivity contribution < 1.29 is 0 Å².